The van der Waals surface area contributed by atoms with Crippen LogP contribution in [0.3, 0.4) is 0 Å². The van der Waals surface area contributed by atoms with Crippen molar-refractivity contribution >= 4 is 0 Å². The lowest BCUT2D eigenvalue weighted by Gasteiger charge is -2.25. The fourth-order valence-electron chi connectivity index (χ4n) is 1.29. The second kappa shape index (κ2) is 3.34. The summed E-state index contributed by atoms with van der Waals surface area (Å²) < 4.78 is 0. The molecule has 3 heteroatoms. The van der Waals surface area contributed by atoms with Gasteiger partial charge < -0.3 is 15.3 Å². The van der Waals surface area contributed by atoms with E-state index in [9.17, 15) is 5.11 Å². The van der Waals surface area contributed by atoms with Gasteiger partial charge in [-0.15, -0.1) is 0 Å². The maximum Gasteiger partial charge on any atom is 0.154 e. The van der Waals surface area contributed by atoms with Gasteiger partial charge in [-0.3, -0.25) is 0 Å². The summed E-state index contributed by atoms with van der Waals surface area (Å²) >= 11 is 0. The van der Waals surface area contributed by atoms with Gasteiger partial charge in [0, 0.05) is 5.92 Å². The predicted octanol–water partition coefficient (Wildman–Crippen LogP) is 0.0143. The molecule has 1 aliphatic rings. The first-order chi connectivity index (χ1) is 5.11. The zero-order valence-corrected chi connectivity index (χ0v) is 6.57. The Morgan fingerprint density at radius 2 is 2.18 bits per heavy atom. The van der Waals surface area contributed by atoms with Crippen molar-refractivity contribution in [3.8, 4) is 0 Å². The van der Waals surface area contributed by atoms with Gasteiger partial charge in [0.2, 0.25) is 0 Å². The van der Waals surface area contributed by atoms with E-state index in [-0.39, 0.29) is 5.92 Å². The quantitative estimate of drug-likeness (QED) is 0.372. The highest BCUT2D eigenvalue weighted by atomic mass is 16.5. The number of allylic oxidation sites excluding steroid dienone is 1. The molecule has 0 radical (unpaired) electrons. The Kier molecular flexibility index (Phi) is 2.65. The summed E-state index contributed by atoms with van der Waals surface area (Å²) in [4.78, 5) is 0. The Balaban J connectivity index is 2.55. The van der Waals surface area contributed by atoms with Crippen molar-refractivity contribution in [2.24, 2.45) is 5.92 Å². The zero-order valence-electron chi connectivity index (χ0n) is 6.57. The average Bonchev–Trinajstić information content (AvgIpc) is 1.94. The largest absolute Gasteiger partial charge is 0.389 e. The topological polar surface area (TPSA) is 60.7 Å². The average molecular weight is 158 g/mol. The molecule has 3 N–H and O–H groups in total. The van der Waals surface area contributed by atoms with Crippen molar-refractivity contribution in [2.45, 2.75) is 32.2 Å². The van der Waals surface area contributed by atoms with Gasteiger partial charge in [0.1, 0.15) is 0 Å². The zero-order chi connectivity index (χ0) is 8.43. The molecule has 1 rings (SSSR count). The molecule has 0 amide bonds. The SMILES string of the molecule is CC1=CCC(C(O)O)C[C@@H]1O. The van der Waals surface area contributed by atoms with Crippen LogP contribution in [0, 0.1) is 5.92 Å². The molecule has 64 valence electrons. The lowest BCUT2D eigenvalue weighted by molar-refractivity contribution is -0.0936. The van der Waals surface area contributed by atoms with Crippen molar-refractivity contribution in [3.05, 3.63) is 11.6 Å². The fraction of sp³-hybridized carbons (Fsp3) is 0.750. The van der Waals surface area contributed by atoms with Gasteiger partial charge in [0.05, 0.1) is 6.10 Å². The first-order valence-corrected chi connectivity index (χ1v) is 3.82. The number of aliphatic hydroxyl groups excluding tert-OH is 2. The molecule has 0 saturated carbocycles. The second-order valence-electron chi connectivity index (χ2n) is 3.11. The van der Waals surface area contributed by atoms with Gasteiger partial charge in [-0.25, -0.2) is 0 Å². The van der Waals surface area contributed by atoms with Gasteiger partial charge in [0.15, 0.2) is 6.29 Å². The van der Waals surface area contributed by atoms with Gasteiger partial charge in [-0.05, 0) is 25.3 Å². The van der Waals surface area contributed by atoms with E-state index in [0.717, 1.165) is 5.57 Å². The van der Waals surface area contributed by atoms with E-state index in [1.54, 1.807) is 0 Å². The van der Waals surface area contributed by atoms with Gasteiger partial charge in [0.25, 0.3) is 0 Å². The van der Waals surface area contributed by atoms with Crippen LogP contribution in [0.4, 0.5) is 0 Å². The minimum absolute atomic E-state index is 0.200. The van der Waals surface area contributed by atoms with Gasteiger partial charge >= 0.3 is 0 Å². The molecule has 0 saturated heterocycles. The molecule has 0 bridgehead atoms. The molecule has 3 nitrogen and oxygen atoms in total. The summed E-state index contributed by atoms with van der Waals surface area (Å²) in [5.74, 6) is -0.200. The molecule has 2 atom stereocenters. The lowest BCUT2D eigenvalue weighted by atomic mass is 9.88. The van der Waals surface area contributed by atoms with Gasteiger partial charge in [-0.2, -0.15) is 0 Å². The predicted molar refractivity (Wildman–Crippen MR) is 40.7 cm³/mol. The van der Waals surface area contributed by atoms with Crippen LogP contribution < -0.4 is 0 Å². The van der Waals surface area contributed by atoms with Crippen LogP contribution in [0.2, 0.25) is 0 Å². The van der Waals surface area contributed by atoms with E-state index < -0.39 is 12.4 Å². The van der Waals surface area contributed by atoms with Crippen molar-refractivity contribution in [2.75, 3.05) is 0 Å². The molecular formula is C8H14O3. The van der Waals surface area contributed by atoms with Crippen LogP contribution in [-0.4, -0.2) is 27.7 Å². The Morgan fingerprint density at radius 3 is 2.64 bits per heavy atom. The molecule has 0 heterocycles. The Hall–Kier alpha value is -0.380. The molecule has 11 heavy (non-hydrogen) atoms. The van der Waals surface area contributed by atoms with Crippen molar-refractivity contribution in [3.63, 3.8) is 0 Å². The number of aliphatic hydroxyl groups is 3. The third kappa shape index (κ3) is 2.02. The van der Waals surface area contributed by atoms with E-state index in [4.69, 9.17) is 10.2 Å². The highest BCUT2D eigenvalue weighted by Crippen LogP contribution is 2.25. The maximum absolute atomic E-state index is 9.31. The smallest absolute Gasteiger partial charge is 0.154 e. The molecule has 0 aliphatic heterocycles. The standard InChI is InChI=1S/C8H14O3/c1-5-2-3-6(8(10)11)4-7(5)9/h2,6-11H,3-4H2,1H3/t6?,7-/m0/s1. The second-order valence-corrected chi connectivity index (χ2v) is 3.11. The third-order valence-electron chi connectivity index (χ3n) is 2.22. The lowest BCUT2D eigenvalue weighted by Crippen LogP contribution is -2.28. The maximum atomic E-state index is 9.31. The molecule has 0 spiro atoms. The normalized spacial score (nSPS) is 32.3. The van der Waals surface area contributed by atoms with E-state index in [2.05, 4.69) is 0 Å². The Morgan fingerprint density at radius 1 is 1.55 bits per heavy atom. The van der Waals surface area contributed by atoms with Crippen molar-refractivity contribution in [1.29, 1.82) is 0 Å². The molecule has 0 aromatic rings. The first kappa shape index (κ1) is 8.71. The number of rotatable bonds is 1. The van der Waals surface area contributed by atoms with Crippen LogP contribution in [-0.2, 0) is 0 Å². The monoisotopic (exact) mass is 158 g/mol. The highest BCUT2D eigenvalue weighted by Gasteiger charge is 2.24. The Bertz CT molecular complexity index is 163. The summed E-state index contributed by atoms with van der Waals surface area (Å²) in [5, 5.41) is 26.9. The van der Waals surface area contributed by atoms with E-state index in [1.165, 1.54) is 0 Å². The fourth-order valence-corrected chi connectivity index (χ4v) is 1.29. The molecule has 0 fully saturated rings. The molecule has 1 unspecified atom stereocenters. The van der Waals surface area contributed by atoms with Crippen LogP contribution in [0.5, 0.6) is 0 Å². The minimum atomic E-state index is -1.30. The minimum Gasteiger partial charge on any atom is -0.389 e. The van der Waals surface area contributed by atoms with Crippen LogP contribution in [0.15, 0.2) is 11.6 Å². The molecule has 0 aromatic heterocycles. The number of hydrogen-bond donors (Lipinski definition) is 3. The third-order valence-corrected chi connectivity index (χ3v) is 2.22. The summed E-state index contributed by atoms with van der Waals surface area (Å²) in [6.45, 7) is 1.85. The van der Waals surface area contributed by atoms with Gasteiger partial charge in [-0.1, -0.05) is 6.08 Å². The van der Waals surface area contributed by atoms with Crippen LogP contribution >= 0.6 is 0 Å². The summed E-state index contributed by atoms with van der Waals surface area (Å²) in [6.07, 6.45) is 1.18. The van der Waals surface area contributed by atoms with Crippen LogP contribution in [0.1, 0.15) is 19.8 Å². The van der Waals surface area contributed by atoms with E-state index in [0.29, 0.717) is 12.8 Å². The van der Waals surface area contributed by atoms with Crippen LogP contribution in [0.25, 0.3) is 0 Å². The van der Waals surface area contributed by atoms with E-state index in [1.807, 2.05) is 13.0 Å². The first-order valence-electron chi connectivity index (χ1n) is 3.82. The van der Waals surface area contributed by atoms with Crippen molar-refractivity contribution < 1.29 is 15.3 Å². The number of hydrogen-bond acceptors (Lipinski definition) is 3. The molecular weight excluding hydrogens is 144 g/mol. The summed E-state index contributed by atoms with van der Waals surface area (Å²) in [5.41, 5.74) is 0.932. The highest BCUT2D eigenvalue weighted by molar-refractivity contribution is 5.09. The van der Waals surface area contributed by atoms with E-state index >= 15 is 0 Å². The summed E-state index contributed by atoms with van der Waals surface area (Å²) in [6, 6.07) is 0. The Labute approximate surface area is 66.0 Å². The summed E-state index contributed by atoms with van der Waals surface area (Å²) in [7, 11) is 0. The van der Waals surface area contributed by atoms with Crippen molar-refractivity contribution in [1.82, 2.24) is 0 Å². The molecule has 1 aliphatic carbocycles. The molecule has 0 aromatic carbocycles.